The van der Waals surface area contributed by atoms with Gasteiger partial charge >= 0.3 is 0 Å². The van der Waals surface area contributed by atoms with Crippen molar-refractivity contribution in [3.63, 3.8) is 0 Å². The molecule has 1 aromatic heterocycles. The Kier molecular flexibility index (Phi) is 6.60. The number of nitrogens with two attached hydrogens (primary N) is 1. The second-order valence-electron chi connectivity index (χ2n) is 7.73. The number of nitrogens with one attached hydrogen (secondary N) is 1. The molecule has 2 heterocycles. The molecule has 2 amide bonds. The Morgan fingerprint density at radius 3 is 2.34 bits per heavy atom. The fourth-order valence-corrected chi connectivity index (χ4v) is 4.98. The van der Waals surface area contributed by atoms with Gasteiger partial charge in [-0.2, -0.15) is 0 Å². The summed E-state index contributed by atoms with van der Waals surface area (Å²) in [4.78, 5) is 27.2. The highest BCUT2D eigenvalue weighted by Gasteiger charge is 2.36. The first-order valence-electron chi connectivity index (χ1n) is 10.1. The number of hydrogen-bond donors (Lipinski definition) is 2. The second kappa shape index (κ2) is 9.21. The number of carbonyl (C=O) groups is 2. The molecule has 1 fully saturated rings. The Balaban J connectivity index is 1.76. The maximum absolute atomic E-state index is 13.4. The maximum Gasteiger partial charge on any atom is 0.270 e. The number of amides is 2. The average Bonchev–Trinajstić information content (AvgIpc) is 3.06. The molecule has 0 aliphatic carbocycles. The molecule has 0 bridgehead atoms. The SMILES string of the molecule is Cc1cc(/C=C2\C(=O)NC(=S)N(c3cccc(Cl)c3Cl)C2=O)c(C)n1-c1ccc(S(N)(=O)=O)cc1. The first kappa shape index (κ1) is 25.1. The van der Waals surface area contributed by atoms with E-state index in [0.717, 1.165) is 16.3 Å². The zero-order valence-corrected chi connectivity index (χ0v) is 21.5. The molecule has 2 aromatic carbocycles. The minimum absolute atomic E-state index is 0.00809. The van der Waals surface area contributed by atoms with E-state index in [1.807, 2.05) is 18.4 Å². The number of hydrogen-bond acceptors (Lipinski definition) is 5. The molecule has 0 spiro atoms. The monoisotopic (exact) mass is 548 g/mol. The Morgan fingerprint density at radius 1 is 1.06 bits per heavy atom. The van der Waals surface area contributed by atoms with Crippen LogP contribution >= 0.6 is 35.4 Å². The molecule has 180 valence electrons. The zero-order valence-electron chi connectivity index (χ0n) is 18.4. The quantitative estimate of drug-likeness (QED) is 0.291. The average molecular weight is 549 g/mol. The first-order chi connectivity index (χ1) is 16.4. The summed E-state index contributed by atoms with van der Waals surface area (Å²) in [6.45, 7) is 3.66. The highest BCUT2D eigenvalue weighted by Crippen LogP contribution is 2.34. The number of aromatic nitrogens is 1. The van der Waals surface area contributed by atoms with E-state index in [4.69, 9.17) is 40.6 Å². The normalized spacial score (nSPS) is 15.6. The Hall–Kier alpha value is -3.02. The van der Waals surface area contributed by atoms with E-state index in [9.17, 15) is 18.0 Å². The van der Waals surface area contributed by atoms with Gasteiger partial charge in [-0.1, -0.05) is 29.3 Å². The molecule has 4 rings (SSSR count). The van der Waals surface area contributed by atoms with Crippen molar-refractivity contribution in [1.82, 2.24) is 9.88 Å². The number of benzene rings is 2. The van der Waals surface area contributed by atoms with Crippen LogP contribution in [0.4, 0.5) is 5.69 Å². The fraction of sp³-hybridized carbons (Fsp3) is 0.0870. The summed E-state index contributed by atoms with van der Waals surface area (Å²) in [5.41, 5.74) is 2.93. The number of anilines is 1. The predicted molar refractivity (Wildman–Crippen MR) is 139 cm³/mol. The van der Waals surface area contributed by atoms with Crippen molar-refractivity contribution in [2.45, 2.75) is 18.7 Å². The summed E-state index contributed by atoms with van der Waals surface area (Å²) in [6.07, 6.45) is 1.47. The van der Waals surface area contributed by atoms with Gasteiger partial charge in [0.15, 0.2) is 5.11 Å². The molecule has 1 saturated heterocycles. The van der Waals surface area contributed by atoms with Crippen molar-refractivity contribution >= 4 is 74.1 Å². The van der Waals surface area contributed by atoms with Crippen LogP contribution in [0.3, 0.4) is 0 Å². The number of rotatable bonds is 4. The van der Waals surface area contributed by atoms with E-state index in [2.05, 4.69) is 5.32 Å². The number of halogens is 2. The van der Waals surface area contributed by atoms with Crippen LogP contribution in [-0.4, -0.2) is 29.9 Å². The Bertz CT molecular complexity index is 1540. The molecule has 0 saturated carbocycles. The van der Waals surface area contributed by atoms with Gasteiger partial charge in [0.25, 0.3) is 11.8 Å². The van der Waals surface area contributed by atoms with Gasteiger partial charge in [0.2, 0.25) is 10.0 Å². The highest BCUT2D eigenvalue weighted by atomic mass is 35.5. The molecule has 0 atom stereocenters. The van der Waals surface area contributed by atoms with E-state index >= 15 is 0 Å². The summed E-state index contributed by atoms with van der Waals surface area (Å²) in [7, 11) is -3.82. The van der Waals surface area contributed by atoms with Crippen LogP contribution in [0.25, 0.3) is 11.8 Å². The van der Waals surface area contributed by atoms with Gasteiger partial charge in [0.05, 0.1) is 20.6 Å². The van der Waals surface area contributed by atoms with Crippen LogP contribution in [0.1, 0.15) is 17.0 Å². The molecule has 3 N–H and O–H groups in total. The van der Waals surface area contributed by atoms with E-state index < -0.39 is 21.8 Å². The second-order valence-corrected chi connectivity index (χ2v) is 10.5. The number of thiocarbonyl (C=S) groups is 1. The van der Waals surface area contributed by atoms with Crippen LogP contribution in [0, 0.1) is 13.8 Å². The summed E-state index contributed by atoms with van der Waals surface area (Å²) in [5.74, 6) is -1.29. The van der Waals surface area contributed by atoms with E-state index in [1.165, 1.54) is 18.2 Å². The van der Waals surface area contributed by atoms with Crippen molar-refractivity contribution in [3.05, 3.63) is 81.1 Å². The summed E-state index contributed by atoms with van der Waals surface area (Å²) in [5, 5.41) is 7.95. The van der Waals surface area contributed by atoms with E-state index in [-0.39, 0.29) is 31.3 Å². The standard InChI is InChI=1S/C23H18Cl2N4O4S2/c1-12-10-14(13(2)28(12)15-6-8-16(9-7-15)35(26,32)33)11-17-21(30)27-23(34)29(22(17)31)19-5-3-4-18(24)20(19)25/h3-11H,1-2H3,(H2,26,32,33)(H,27,30,34)/b17-11+. The van der Waals surface area contributed by atoms with Gasteiger partial charge in [0, 0.05) is 17.1 Å². The van der Waals surface area contributed by atoms with Gasteiger partial charge in [-0.15, -0.1) is 0 Å². The van der Waals surface area contributed by atoms with Crippen molar-refractivity contribution in [2.24, 2.45) is 5.14 Å². The molecule has 3 aromatic rings. The topological polar surface area (TPSA) is 114 Å². The van der Waals surface area contributed by atoms with Crippen molar-refractivity contribution in [1.29, 1.82) is 0 Å². The molecule has 12 heteroatoms. The predicted octanol–water partition coefficient (Wildman–Crippen LogP) is 3.88. The lowest BCUT2D eigenvalue weighted by Crippen LogP contribution is -2.54. The van der Waals surface area contributed by atoms with Crippen LogP contribution in [0.15, 0.2) is 59.0 Å². The smallest absolute Gasteiger partial charge is 0.270 e. The van der Waals surface area contributed by atoms with Crippen LogP contribution in [0.5, 0.6) is 0 Å². The zero-order chi connectivity index (χ0) is 25.7. The van der Waals surface area contributed by atoms with Crippen molar-refractivity contribution in [3.8, 4) is 5.69 Å². The summed E-state index contributed by atoms with van der Waals surface area (Å²) >= 11 is 17.6. The number of aryl methyl sites for hydroxylation is 1. The lowest BCUT2D eigenvalue weighted by atomic mass is 10.1. The third kappa shape index (κ3) is 4.63. The molecule has 1 aliphatic rings. The number of sulfonamides is 1. The van der Waals surface area contributed by atoms with Gasteiger partial charge < -0.3 is 4.57 Å². The maximum atomic E-state index is 13.4. The Labute approximate surface area is 217 Å². The Morgan fingerprint density at radius 2 is 1.71 bits per heavy atom. The first-order valence-corrected chi connectivity index (χ1v) is 12.8. The van der Waals surface area contributed by atoms with Gasteiger partial charge in [-0.05, 0) is 80.2 Å². The molecule has 8 nitrogen and oxygen atoms in total. The number of carbonyl (C=O) groups excluding carboxylic acids is 2. The summed E-state index contributed by atoms with van der Waals surface area (Å²) < 4.78 is 25.0. The van der Waals surface area contributed by atoms with E-state index in [1.54, 1.807) is 36.4 Å². The van der Waals surface area contributed by atoms with Crippen molar-refractivity contribution < 1.29 is 18.0 Å². The third-order valence-electron chi connectivity index (χ3n) is 5.47. The lowest BCUT2D eigenvalue weighted by molar-refractivity contribution is -0.122. The minimum Gasteiger partial charge on any atom is -0.318 e. The third-order valence-corrected chi connectivity index (χ3v) is 7.49. The van der Waals surface area contributed by atoms with Crippen LogP contribution in [0.2, 0.25) is 10.0 Å². The molecule has 35 heavy (non-hydrogen) atoms. The fourth-order valence-electron chi connectivity index (χ4n) is 3.81. The van der Waals surface area contributed by atoms with E-state index in [0.29, 0.717) is 11.3 Å². The van der Waals surface area contributed by atoms with Crippen LogP contribution in [-0.2, 0) is 19.6 Å². The molecule has 0 radical (unpaired) electrons. The van der Waals surface area contributed by atoms with Gasteiger partial charge in [-0.25, -0.2) is 13.6 Å². The van der Waals surface area contributed by atoms with Gasteiger partial charge in [-0.3, -0.25) is 19.8 Å². The number of primary sulfonamides is 1. The lowest BCUT2D eigenvalue weighted by Gasteiger charge is -2.29. The molecule has 0 unspecified atom stereocenters. The largest absolute Gasteiger partial charge is 0.318 e. The molecular weight excluding hydrogens is 531 g/mol. The van der Waals surface area contributed by atoms with Gasteiger partial charge in [0.1, 0.15) is 5.57 Å². The summed E-state index contributed by atoms with van der Waals surface area (Å²) in [6, 6.07) is 12.6. The number of nitrogens with zero attached hydrogens (tertiary/aromatic N) is 2. The van der Waals surface area contributed by atoms with Crippen LogP contribution < -0.4 is 15.4 Å². The highest BCUT2D eigenvalue weighted by molar-refractivity contribution is 7.89. The van der Waals surface area contributed by atoms with Crippen molar-refractivity contribution in [2.75, 3.05) is 4.90 Å². The molecule has 1 aliphatic heterocycles. The minimum atomic E-state index is -3.82. The molecular formula is C23H18Cl2N4O4S2.